The van der Waals surface area contributed by atoms with Gasteiger partial charge in [-0.05, 0) is 6.42 Å². The van der Waals surface area contributed by atoms with E-state index in [1.165, 1.54) is 0 Å². The van der Waals surface area contributed by atoms with Crippen LogP contribution in [0.2, 0.25) is 0 Å². The Labute approximate surface area is 173 Å². The van der Waals surface area contributed by atoms with E-state index in [0.29, 0.717) is 66.1 Å². The summed E-state index contributed by atoms with van der Waals surface area (Å²) in [6.07, 6.45) is 1.94. The van der Waals surface area contributed by atoms with Gasteiger partial charge in [-0.1, -0.05) is 19.9 Å². The van der Waals surface area contributed by atoms with E-state index >= 15 is 0 Å². The van der Waals surface area contributed by atoms with Gasteiger partial charge in [0.05, 0.1) is 72.7 Å². The lowest BCUT2D eigenvalue weighted by Crippen LogP contribution is -2.21. The van der Waals surface area contributed by atoms with Crippen LogP contribution in [0.15, 0.2) is 12.7 Å². The summed E-state index contributed by atoms with van der Waals surface area (Å²) >= 11 is 0. The third kappa shape index (κ3) is 31.8. The minimum absolute atomic E-state index is 0.0292. The number of carbonyl (C=O) groups is 1. The molecule has 0 rings (SSSR count). The van der Waals surface area contributed by atoms with Gasteiger partial charge >= 0.3 is 5.97 Å². The molecule has 0 heterocycles. The van der Waals surface area contributed by atoms with E-state index in [1.807, 2.05) is 0 Å². The summed E-state index contributed by atoms with van der Waals surface area (Å²) in [6, 6.07) is 0. The van der Waals surface area contributed by atoms with E-state index < -0.39 is 12.3 Å². The lowest BCUT2D eigenvalue weighted by molar-refractivity contribution is -0.141. The number of hydrogen-bond donors (Lipinski definition) is 3. The maximum atomic E-state index is 9.44. The van der Waals surface area contributed by atoms with Crippen molar-refractivity contribution < 1.29 is 48.5 Å². The number of ether oxygens (including phenoxy) is 6. The van der Waals surface area contributed by atoms with Gasteiger partial charge in [0.1, 0.15) is 0 Å². The molecule has 0 fully saturated rings. The molecular weight excluding hydrogens is 388 g/mol. The molecule has 1 atom stereocenters. The minimum atomic E-state index is -0.981. The molecular formula is C19H38O10. The van der Waals surface area contributed by atoms with E-state index in [4.69, 9.17) is 38.6 Å². The Balaban J connectivity index is 0. The van der Waals surface area contributed by atoms with Crippen LogP contribution >= 0.6 is 0 Å². The maximum Gasteiger partial charge on any atom is 0.327 e. The van der Waals surface area contributed by atoms with Gasteiger partial charge in [0.25, 0.3) is 0 Å². The SMILES string of the molecule is C=CC(=O)O.CCCCOC(O)COCCOCCOCCOCCOCCO. The second-order valence-corrected chi connectivity index (χ2v) is 5.47. The fourth-order valence-corrected chi connectivity index (χ4v) is 1.54. The van der Waals surface area contributed by atoms with Crippen LogP contribution in [0.1, 0.15) is 19.8 Å². The zero-order valence-corrected chi connectivity index (χ0v) is 17.5. The molecule has 0 spiro atoms. The second kappa shape index (κ2) is 26.9. The first-order chi connectivity index (χ1) is 14.1. The molecule has 0 aromatic heterocycles. The molecule has 0 aliphatic carbocycles. The van der Waals surface area contributed by atoms with Crippen LogP contribution in [0.25, 0.3) is 0 Å². The Kier molecular flexibility index (Phi) is 27.9. The van der Waals surface area contributed by atoms with E-state index in [2.05, 4.69) is 13.5 Å². The van der Waals surface area contributed by atoms with Gasteiger partial charge in [-0.2, -0.15) is 0 Å². The molecule has 0 aliphatic heterocycles. The first kappa shape index (κ1) is 30.1. The Morgan fingerprint density at radius 3 is 1.66 bits per heavy atom. The van der Waals surface area contributed by atoms with Crippen molar-refractivity contribution in [1.82, 2.24) is 0 Å². The first-order valence-electron chi connectivity index (χ1n) is 9.73. The van der Waals surface area contributed by atoms with Gasteiger partial charge in [0, 0.05) is 12.7 Å². The molecule has 174 valence electrons. The highest BCUT2D eigenvalue weighted by molar-refractivity contribution is 5.78. The van der Waals surface area contributed by atoms with Crippen LogP contribution < -0.4 is 0 Å². The topological polar surface area (TPSA) is 133 Å². The summed E-state index contributed by atoms with van der Waals surface area (Å²) < 4.78 is 31.3. The second-order valence-electron chi connectivity index (χ2n) is 5.47. The van der Waals surface area contributed by atoms with Crippen LogP contribution in [0, 0.1) is 0 Å². The number of carboxylic acids is 1. The number of rotatable bonds is 21. The first-order valence-corrected chi connectivity index (χ1v) is 9.73. The summed E-state index contributed by atoms with van der Waals surface area (Å²) in [7, 11) is 0. The molecule has 0 amide bonds. The highest BCUT2D eigenvalue weighted by atomic mass is 16.6. The van der Waals surface area contributed by atoms with E-state index in [9.17, 15) is 9.90 Å². The fraction of sp³-hybridized carbons (Fsp3) is 0.842. The van der Waals surface area contributed by atoms with Crippen molar-refractivity contribution in [2.45, 2.75) is 26.1 Å². The fourth-order valence-electron chi connectivity index (χ4n) is 1.54. The lowest BCUT2D eigenvalue weighted by Gasteiger charge is -2.12. The zero-order chi connectivity index (χ0) is 22.0. The molecule has 10 nitrogen and oxygen atoms in total. The Hall–Kier alpha value is -1.11. The molecule has 1 unspecified atom stereocenters. The Morgan fingerprint density at radius 1 is 0.862 bits per heavy atom. The van der Waals surface area contributed by atoms with Crippen molar-refractivity contribution in [3.8, 4) is 0 Å². The number of aliphatic carboxylic acids is 1. The van der Waals surface area contributed by atoms with E-state index in [-0.39, 0.29) is 13.2 Å². The van der Waals surface area contributed by atoms with Crippen LogP contribution in [0.3, 0.4) is 0 Å². The third-order valence-corrected chi connectivity index (χ3v) is 2.97. The van der Waals surface area contributed by atoms with Crippen molar-refractivity contribution in [2.24, 2.45) is 0 Å². The summed E-state index contributed by atoms with van der Waals surface area (Å²) in [5.74, 6) is -0.981. The Morgan fingerprint density at radius 2 is 1.28 bits per heavy atom. The molecule has 0 saturated carbocycles. The van der Waals surface area contributed by atoms with Gasteiger partial charge in [-0.3, -0.25) is 0 Å². The van der Waals surface area contributed by atoms with Crippen molar-refractivity contribution in [2.75, 3.05) is 79.3 Å². The standard InChI is InChI=1S/C16H34O8.C3H4O2/c1-2-3-5-24-16(18)15-23-14-13-22-12-11-21-10-9-20-8-7-19-6-4-17;1-2-3(4)5/h16-18H,2-15H2,1H3;2H,1H2,(H,4,5). The van der Waals surface area contributed by atoms with Gasteiger partial charge in [0.15, 0.2) is 6.29 Å². The van der Waals surface area contributed by atoms with Gasteiger partial charge in [-0.25, -0.2) is 4.79 Å². The molecule has 0 saturated heterocycles. The molecule has 3 N–H and O–H groups in total. The molecule has 10 heteroatoms. The van der Waals surface area contributed by atoms with Gasteiger partial charge in [0.2, 0.25) is 0 Å². The van der Waals surface area contributed by atoms with Gasteiger partial charge in [-0.15, -0.1) is 0 Å². The number of aliphatic hydroxyl groups excluding tert-OH is 2. The van der Waals surface area contributed by atoms with E-state index in [0.717, 1.165) is 18.9 Å². The van der Waals surface area contributed by atoms with Crippen LogP contribution in [0.5, 0.6) is 0 Å². The summed E-state index contributed by atoms with van der Waals surface area (Å²) in [6.45, 7) is 9.90. The van der Waals surface area contributed by atoms with Crippen molar-refractivity contribution in [3.05, 3.63) is 12.7 Å². The summed E-state index contributed by atoms with van der Waals surface area (Å²) in [5.41, 5.74) is 0. The quantitative estimate of drug-likeness (QED) is 0.135. The summed E-state index contributed by atoms with van der Waals surface area (Å²) in [5, 5.41) is 25.5. The van der Waals surface area contributed by atoms with E-state index in [1.54, 1.807) is 0 Å². The predicted octanol–water partition coefficient (Wildman–Crippen LogP) is 0.454. The maximum absolute atomic E-state index is 9.44. The number of hydrogen-bond acceptors (Lipinski definition) is 9. The molecule has 0 radical (unpaired) electrons. The van der Waals surface area contributed by atoms with Crippen molar-refractivity contribution >= 4 is 5.97 Å². The largest absolute Gasteiger partial charge is 0.478 e. The van der Waals surface area contributed by atoms with Gasteiger partial charge < -0.3 is 43.7 Å². The molecule has 0 aromatic carbocycles. The molecule has 29 heavy (non-hydrogen) atoms. The van der Waals surface area contributed by atoms with Crippen molar-refractivity contribution in [1.29, 1.82) is 0 Å². The number of unbranched alkanes of at least 4 members (excludes halogenated alkanes) is 1. The molecule has 0 aromatic rings. The average molecular weight is 427 g/mol. The van der Waals surface area contributed by atoms with Crippen LogP contribution in [0.4, 0.5) is 0 Å². The highest BCUT2D eigenvalue weighted by Gasteiger charge is 2.03. The van der Waals surface area contributed by atoms with Crippen LogP contribution in [-0.2, 0) is 33.2 Å². The molecule has 0 aliphatic rings. The normalized spacial score (nSPS) is 11.6. The lowest BCUT2D eigenvalue weighted by atomic mass is 10.4. The monoisotopic (exact) mass is 426 g/mol. The minimum Gasteiger partial charge on any atom is -0.478 e. The zero-order valence-electron chi connectivity index (χ0n) is 17.5. The molecule has 0 bridgehead atoms. The summed E-state index contributed by atoms with van der Waals surface area (Å²) in [4.78, 5) is 9.25. The van der Waals surface area contributed by atoms with Crippen LogP contribution in [-0.4, -0.2) is 107 Å². The highest BCUT2D eigenvalue weighted by Crippen LogP contribution is 1.94. The number of carboxylic acid groups (broad SMARTS) is 1. The predicted molar refractivity (Wildman–Crippen MR) is 106 cm³/mol. The van der Waals surface area contributed by atoms with Crippen molar-refractivity contribution in [3.63, 3.8) is 0 Å². The Bertz CT molecular complexity index is 341. The third-order valence-electron chi connectivity index (χ3n) is 2.97. The number of aliphatic hydroxyl groups is 2. The smallest absolute Gasteiger partial charge is 0.327 e. The average Bonchev–Trinajstić information content (AvgIpc) is 2.71.